The Bertz CT molecular complexity index is 2110. The van der Waals surface area contributed by atoms with Crippen LogP contribution in [0.15, 0.2) is 164 Å². The zero-order chi connectivity index (χ0) is 31.0. The molecule has 0 fully saturated rings. The van der Waals surface area contributed by atoms with Gasteiger partial charge in [0.05, 0.1) is 50.2 Å². The standard InChI is InChI=1S/C18H10N4.C11H9N.C10H8N2.Ru/c1-2-8-14-13(7-1)21-17-11-5-3-9-19-15(11)16-12(18(17)22-14)6-4-10-20-16;1-2-6-10(7-3-1)11-8-4-5-9-12-11;1-3-7-11-9(5-1)10-6-2-4-8-12-10;/h1-10H;1-9H;1-8H;/q;;;+3. The first kappa shape index (κ1) is 31.1. The Labute approximate surface area is 284 Å². The molecule has 0 saturated carbocycles. The summed E-state index contributed by atoms with van der Waals surface area (Å²) in [7, 11) is 0. The van der Waals surface area contributed by atoms with Crippen molar-refractivity contribution in [1.82, 2.24) is 34.9 Å². The van der Waals surface area contributed by atoms with Gasteiger partial charge in [-0.3, -0.25) is 24.9 Å². The van der Waals surface area contributed by atoms with E-state index in [0.29, 0.717) is 0 Å². The summed E-state index contributed by atoms with van der Waals surface area (Å²) < 4.78 is 0. The van der Waals surface area contributed by atoms with Gasteiger partial charge in [0.15, 0.2) is 0 Å². The Balaban J connectivity index is 0.000000132. The molecule has 0 saturated heterocycles. The van der Waals surface area contributed by atoms with Gasteiger partial charge in [-0.05, 0) is 72.8 Å². The molecule has 47 heavy (non-hydrogen) atoms. The maximum Gasteiger partial charge on any atom is 3.00 e. The van der Waals surface area contributed by atoms with Gasteiger partial charge >= 0.3 is 19.5 Å². The van der Waals surface area contributed by atoms with Crippen LogP contribution in [0.4, 0.5) is 0 Å². The molecule has 0 unspecified atom stereocenters. The Morgan fingerprint density at radius 3 is 1.15 bits per heavy atom. The summed E-state index contributed by atoms with van der Waals surface area (Å²) in [6, 6.07) is 43.5. The van der Waals surface area contributed by atoms with E-state index in [4.69, 9.17) is 9.97 Å². The molecule has 0 atom stereocenters. The van der Waals surface area contributed by atoms with Gasteiger partial charge in [-0.15, -0.1) is 0 Å². The van der Waals surface area contributed by atoms with Gasteiger partial charge in [0.2, 0.25) is 0 Å². The molecule has 6 heterocycles. The number of nitrogens with zero attached hydrogens (tertiary/aromatic N) is 7. The number of fused-ring (bicyclic) bond motifs is 7. The van der Waals surface area contributed by atoms with Crippen molar-refractivity contribution in [2.45, 2.75) is 0 Å². The smallest absolute Gasteiger partial charge is 0.256 e. The van der Waals surface area contributed by atoms with Gasteiger partial charge in [0.25, 0.3) is 0 Å². The first-order valence-electron chi connectivity index (χ1n) is 14.8. The SMILES string of the molecule is [Ru+3].c1ccc(-c2ccccn2)cc1.c1ccc(-c2ccccn2)nc1.c1ccc2nc3c4cccnc4c4ncccc4c3nc2c1. The predicted octanol–water partition coefficient (Wildman–Crippen LogP) is 8.77. The van der Waals surface area contributed by atoms with Crippen molar-refractivity contribution in [3.63, 3.8) is 0 Å². The molecule has 9 rings (SSSR count). The molecule has 0 spiro atoms. The number of aromatic nitrogens is 7. The van der Waals surface area contributed by atoms with Crippen molar-refractivity contribution in [2.24, 2.45) is 0 Å². The predicted molar refractivity (Wildman–Crippen MR) is 185 cm³/mol. The molecule has 0 aliphatic carbocycles. The van der Waals surface area contributed by atoms with Crippen molar-refractivity contribution in [1.29, 1.82) is 0 Å². The first-order chi connectivity index (χ1) is 22.8. The van der Waals surface area contributed by atoms with Crippen LogP contribution < -0.4 is 0 Å². The second kappa shape index (κ2) is 15.0. The molecule has 6 aromatic heterocycles. The van der Waals surface area contributed by atoms with E-state index in [1.807, 2.05) is 128 Å². The second-order valence-corrected chi connectivity index (χ2v) is 10.2. The monoisotopic (exact) mass is 695 g/mol. The fraction of sp³-hybridized carbons (Fsp3) is 0. The van der Waals surface area contributed by atoms with Crippen molar-refractivity contribution in [3.8, 4) is 22.6 Å². The van der Waals surface area contributed by atoms with Crippen LogP contribution in [0.5, 0.6) is 0 Å². The van der Waals surface area contributed by atoms with Crippen LogP contribution in [0.1, 0.15) is 0 Å². The third-order valence-electron chi connectivity index (χ3n) is 7.25. The Morgan fingerprint density at radius 2 is 0.702 bits per heavy atom. The van der Waals surface area contributed by atoms with Gasteiger partial charge in [-0.2, -0.15) is 0 Å². The molecular formula is C39H27N7Ru+3. The number of pyridine rings is 5. The third-order valence-corrected chi connectivity index (χ3v) is 7.25. The molecule has 0 bridgehead atoms. The first-order valence-corrected chi connectivity index (χ1v) is 14.8. The zero-order valence-electron chi connectivity index (χ0n) is 25.1. The summed E-state index contributed by atoms with van der Waals surface area (Å²) in [5, 5.41) is 1.98. The number of rotatable bonds is 2. The summed E-state index contributed by atoms with van der Waals surface area (Å²) in [6.07, 6.45) is 8.92. The zero-order valence-corrected chi connectivity index (χ0v) is 26.8. The molecule has 1 radical (unpaired) electrons. The summed E-state index contributed by atoms with van der Waals surface area (Å²) in [6.45, 7) is 0. The molecule has 3 aromatic carbocycles. The molecule has 223 valence electrons. The Hall–Kier alpha value is -5.85. The number of hydrogen-bond acceptors (Lipinski definition) is 7. The maximum absolute atomic E-state index is 4.83. The summed E-state index contributed by atoms with van der Waals surface area (Å²) in [4.78, 5) is 31.3. The van der Waals surface area contributed by atoms with E-state index >= 15 is 0 Å². The summed E-state index contributed by atoms with van der Waals surface area (Å²) >= 11 is 0. The van der Waals surface area contributed by atoms with Crippen molar-refractivity contribution in [2.75, 3.05) is 0 Å². The van der Waals surface area contributed by atoms with E-state index in [2.05, 4.69) is 37.1 Å². The van der Waals surface area contributed by atoms with Crippen LogP contribution >= 0.6 is 0 Å². The number of benzene rings is 3. The molecule has 0 aliphatic heterocycles. The van der Waals surface area contributed by atoms with E-state index in [1.54, 1.807) is 24.8 Å². The fourth-order valence-corrected chi connectivity index (χ4v) is 5.12. The van der Waals surface area contributed by atoms with Crippen molar-refractivity contribution >= 4 is 43.9 Å². The van der Waals surface area contributed by atoms with Crippen LogP contribution in [0.25, 0.3) is 66.5 Å². The van der Waals surface area contributed by atoms with E-state index < -0.39 is 0 Å². The summed E-state index contributed by atoms with van der Waals surface area (Å²) in [5.74, 6) is 0. The molecule has 0 N–H and O–H groups in total. The van der Waals surface area contributed by atoms with Gasteiger partial charge < -0.3 is 0 Å². The van der Waals surface area contributed by atoms with E-state index in [0.717, 1.165) is 66.5 Å². The average Bonchev–Trinajstić information content (AvgIpc) is 3.16. The maximum atomic E-state index is 4.83. The quantitative estimate of drug-likeness (QED) is 0.102. The minimum absolute atomic E-state index is 0. The summed E-state index contributed by atoms with van der Waals surface area (Å²) in [5.41, 5.74) is 9.30. The van der Waals surface area contributed by atoms with Crippen molar-refractivity contribution < 1.29 is 19.5 Å². The van der Waals surface area contributed by atoms with Crippen LogP contribution in [0, 0.1) is 0 Å². The molecule has 0 aliphatic rings. The van der Waals surface area contributed by atoms with Crippen LogP contribution in [-0.4, -0.2) is 34.9 Å². The Kier molecular flexibility index (Phi) is 9.91. The van der Waals surface area contributed by atoms with Gasteiger partial charge in [-0.1, -0.05) is 60.7 Å². The van der Waals surface area contributed by atoms with E-state index in [1.165, 1.54) is 0 Å². The van der Waals surface area contributed by atoms with Crippen LogP contribution in [0.3, 0.4) is 0 Å². The topological polar surface area (TPSA) is 90.2 Å². The van der Waals surface area contributed by atoms with Gasteiger partial charge in [0.1, 0.15) is 0 Å². The molecule has 0 amide bonds. The number of para-hydroxylation sites is 2. The minimum atomic E-state index is 0. The fourth-order valence-electron chi connectivity index (χ4n) is 5.12. The van der Waals surface area contributed by atoms with E-state index in [9.17, 15) is 0 Å². The normalized spacial score (nSPS) is 10.4. The number of hydrogen-bond donors (Lipinski definition) is 0. The second-order valence-electron chi connectivity index (χ2n) is 10.2. The molecule has 9 aromatic rings. The van der Waals surface area contributed by atoms with Crippen molar-refractivity contribution in [3.05, 3.63) is 164 Å². The van der Waals surface area contributed by atoms with Gasteiger partial charge in [0, 0.05) is 47.3 Å². The van der Waals surface area contributed by atoms with Crippen LogP contribution in [-0.2, 0) is 19.5 Å². The van der Waals surface area contributed by atoms with Crippen LogP contribution in [0.2, 0.25) is 0 Å². The molecule has 7 nitrogen and oxygen atoms in total. The largest absolute Gasteiger partial charge is 3.00 e. The average molecular weight is 695 g/mol. The molecular weight excluding hydrogens is 668 g/mol. The van der Waals surface area contributed by atoms with E-state index in [-0.39, 0.29) is 19.5 Å². The Morgan fingerprint density at radius 1 is 0.298 bits per heavy atom. The third kappa shape index (κ3) is 7.03. The minimum Gasteiger partial charge on any atom is -0.256 e. The molecule has 8 heteroatoms. The van der Waals surface area contributed by atoms with Gasteiger partial charge in [-0.25, -0.2) is 9.97 Å².